The van der Waals surface area contributed by atoms with Crippen LogP contribution in [-0.4, -0.2) is 0 Å². The predicted octanol–water partition coefficient (Wildman–Crippen LogP) is 4.31. The number of hydrogen-bond donors (Lipinski definition) is 0. The summed E-state index contributed by atoms with van der Waals surface area (Å²) in [6.07, 6.45) is 12.3. The van der Waals surface area contributed by atoms with Crippen LogP contribution < -0.4 is 0 Å². The fraction of sp³-hybridized carbons (Fsp3) is 0.833. The van der Waals surface area contributed by atoms with Gasteiger partial charge in [-0.15, -0.1) is 0 Å². The molecule has 1 saturated carbocycles. The van der Waals surface area contributed by atoms with E-state index < -0.39 is 0 Å². The summed E-state index contributed by atoms with van der Waals surface area (Å²) in [5.74, 6) is 0.935. The SMILES string of the molecule is CCC/C=C(\C)C1CCCCC1. The number of allylic oxidation sites excluding steroid dienone is 2. The molecule has 1 rings (SSSR count). The minimum atomic E-state index is 0.935. The van der Waals surface area contributed by atoms with Crippen molar-refractivity contribution in [3.05, 3.63) is 11.6 Å². The highest BCUT2D eigenvalue weighted by atomic mass is 14.2. The van der Waals surface area contributed by atoms with Crippen molar-refractivity contribution < 1.29 is 0 Å². The van der Waals surface area contributed by atoms with Gasteiger partial charge in [-0.05, 0) is 32.1 Å². The summed E-state index contributed by atoms with van der Waals surface area (Å²) in [6.45, 7) is 4.58. The maximum atomic E-state index is 2.45. The van der Waals surface area contributed by atoms with Crippen molar-refractivity contribution in [1.82, 2.24) is 0 Å². The van der Waals surface area contributed by atoms with Gasteiger partial charge < -0.3 is 0 Å². The summed E-state index contributed by atoms with van der Waals surface area (Å²) in [7, 11) is 0. The Kier molecular flexibility index (Phi) is 4.42. The molecule has 0 aromatic rings. The lowest BCUT2D eigenvalue weighted by molar-refractivity contribution is 0.402. The molecule has 1 aliphatic carbocycles. The third-order valence-electron chi connectivity index (χ3n) is 3.00. The molecule has 0 nitrogen and oxygen atoms in total. The molecule has 1 aliphatic rings. The molecule has 0 aromatic heterocycles. The van der Waals surface area contributed by atoms with E-state index in [1.807, 2.05) is 0 Å². The van der Waals surface area contributed by atoms with Crippen LogP contribution in [0, 0.1) is 5.92 Å². The minimum Gasteiger partial charge on any atom is -0.0853 e. The van der Waals surface area contributed by atoms with Crippen LogP contribution in [0.25, 0.3) is 0 Å². The molecule has 1 fully saturated rings. The quantitative estimate of drug-likeness (QED) is 0.548. The van der Waals surface area contributed by atoms with Crippen LogP contribution in [0.3, 0.4) is 0 Å². The fourth-order valence-corrected chi connectivity index (χ4v) is 2.10. The lowest BCUT2D eigenvalue weighted by Gasteiger charge is -2.22. The Bertz CT molecular complexity index is 138. The van der Waals surface area contributed by atoms with Gasteiger partial charge in [0.15, 0.2) is 0 Å². The lowest BCUT2D eigenvalue weighted by atomic mass is 9.84. The summed E-state index contributed by atoms with van der Waals surface area (Å²) in [4.78, 5) is 0. The van der Waals surface area contributed by atoms with Gasteiger partial charge in [-0.2, -0.15) is 0 Å². The Balaban J connectivity index is 2.33. The second kappa shape index (κ2) is 5.40. The highest BCUT2D eigenvalue weighted by Gasteiger charge is 2.13. The van der Waals surface area contributed by atoms with Gasteiger partial charge in [-0.1, -0.05) is 44.3 Å². The summed E-state index contributed by atoms with van der Waals surface area (Å²) in [5, 5.41) is 0. The molecule has 0 amide bonds. The van der Waals surface area contributed by atoms with Crippen molar-refractivity contribution in [2.75, 3.05) is 0 Å². The van der Waals surface area contributed by atoms with Crippen molar-refractivity contribution >= 4 is 0 Å². The number of hydrogen-bond acceptors (Lipinski definition) is 0. The van der Waals surface area contributed by atoms with Gasteiger partial charge in [0.1, 0.15) is 0 Å². The molecule has 0 aliphatic heterocycles. The number of unbranched alkanes of at least 4 members (excludes halogenated alkanes) is 1. The Labute approximate surface area is 77.1 Å². The minimum absolute atomic E-state index is 0.935. The molecule has 0 N–H and O–H groups in total. The number of rotatable bonds is 3. The van der Waals surface area contributed by atoms with E-state index in [0.29, 0.717) is 0 Å². The summed E-state index contributed by atoms with van der Waals surface area (Å²) < 4.78 is 0. The van der Waals surface area contributed by atoms with Crippen LogP contribution in [-0.2, 0) is 0 Å². The molecule has 70 valence electrons. The standard InChI is InChI=1S/C12H22/c1-3-4-8-11(2)12-9-6-5-7-10-12/h8,12H,3-7,9-10H2,1-2H3/b11-8+. The second-order valence-electron chi connectivity index (χ2n) is 4.07. The topological polar surface area (TPSA) is 0 Å². The first kappa shape index (κ1) is 9.83. The van der Waals surface area contributed by atoms with Crippen LogP contribution in [0.5, 0.6) is 0 Å². The molecule has 0 heterocycles. The smallest absolute Gasteiger partial charge is 0.0206 e. The zero-order chi connectivity index (χ0) is 8.81. The van der Waals surface area contributed by atoms with Crippen molar-refractivity contribution in [1.29, 1.82) is 0 Å². The average molecular weight is 166 g/mol. The molecule has 0 aromatic carbocycles. The Morgan fingerprint density at radius 2 is 1.92 bits per heavy atom. The van der Waals surface area contributed by atoms with Crippen LogP contribution in [0.15, 0.2) is 11.6 Å². The molecule has 12 heavy (non-hydrogen) atoms. The lowest BCUT2D eigenvalue weighted by Crippen LogP contribution is -2.07. The van der Waals surface area contributed by atoms with Crippen LogP contribution in [0.2, 0.25) is 0 Å². The summed E-state index contributed by atoms with van der Waals surface area (Å²) >= 11 is 0. The molecule has 0 heteroatoms. The van der Waals surface area contributed by atoms with Crippen molar-refractivity contribution in [3.63, 3.8) is 0 Å². The van der Waals surface area contributed by atoms with Crippen LogP contribution in [0.4, 0.5) is 0 Å². The van der Waals surface area contributed by atoms with Crippen LogP contribution in [0.1, 0.15) is 58.8 Å². The zero-order valence-corrected chi connectivity index (χ0v) is 8.60. The van der Waals surface area contributed by atoms with Gasteiger partial charge in [-0.25, -0.2) is 0 Å². The average Bonchev–Trinajstić information content (AvgIpc) is 2.15. The third-order valence-corrected chi connectivity index (χ3v) is 3.00. The first-order chi connectivity index (χ1) is 5.84. The monoisotopic (exact) mass is 166 g/mol. The highest BCUT2D eigenvalue weighted by molar-refractivity contribution is 5.03. The Morgan fingerprint density at radius 1 is 1.25 bits per heavy atom. The molecule has 0 atom stereocenters. The van der Waals surface area contributed by atoms with E-state index in [1.165, 1.54) is 44.9 Å². The van der Waals surface area contributed by atoms with Crippen molar-refractivity contribution in [2.24, 2.45) is 5.92 Å². The van der Waals surface area contributed by atoms with Crippen molar-refractivity contribution in [2.45, 2.75) is 58.8 Å². The zero-order valence-electron chi connectivity index (χ0n) is 8.60. The summed E-state index contributed by atoms with van der Waals surface area (Å²) in [6, 6.07) is 0. The molecule has 0 saturated heterocycles. The first-order valence-electron chi connectivity index (χ1n) is 5.51. The van der Waals surface area contributed by atoms with E-state index in [-0.39, 0.29) is 0 Å². The molecule has 0 unspecified atom stereocenters. The van der Waals surface area contributed by atoms with E-state index >= 15 is 0 Å². The Morgan fingerprint density at radius 3 is 2.50 bits per heavy atom. The molecule has 0 spiro atoms. The van der Waals surface area contributed by atoms with E-state index in [9.17, 15) is 0 Å². The Hall–Kier alpha value is -0.260. The van der Waals surface area contributed by atoms with E-state index in [1.54, 1.807) is 5.57 Å². The molecule has 0 bridgehead atoms. The van der Waals surface area contributed by atoms with E-state index in [4.69, 9.17) is 0 Å². The largest absolute Gasteiger partial charge is 0.0853 e. The van der Waals surface area contributed by atoms with Crippen LogP contribution >= 0.6 is 0 Å². The maximum Gasteiger partial charge on any atom is -0.0206 e. The highest BCUT2D eigenvalue weighted by Crippen LogP contribution is 2.29. The van der Waals surface area contributed by atoms with Gasteiger partial charge in [0.05, 0.1) is 0 Å². The van der Waals surface area contributed by atoms with E-state index in [2.05, 4.69) is 19.9 Å². The van der Waals surface area contributed by atoms with Gasteiger partial charge in [0.25, 0.3) is 0 Å². The molecule has 0 radical (unpaired) electrons. The predicted molar refractivity (Wildman–Crippen MR) is 55.2 cm³/mol. The van der Waals surface area contributed by atoms with Gasteiger partial charge in [0.2, 0.25) is 0 Å². The third kappa shape index (κ3) is 3.00. The van der Waals surface area contributed by atoms with E-state index in [0.717, 1.165) is 5.92 Å². The summed E-state index contributed by atoms with van der Waals surface area (Å²) in [5.41, 5.74) is 1.66. The molecular weight excluding hydrogens is 144 g/mol. The van der Waals surface area contributed by atoms with Gasteiger partial charge >= 0.3 is 0 Å². The maximum absolute atomic E-state index is 2.45. The van der Waals surface area contributed by atoms with Gasteiger partial charge in [-0.3, -0.25) is 0 Å². The fourth-order valence-electron chi connectivity index (χ4n) is 2.10. The first-order valence-corrected chi connectivity index (χ1v) is 5.51. The normalized spacial score (nSPS) is 21.3. The van der Waals surface area contributed by atoms with Gasteiger partial charge in [0, 0.05) is 0 Å². The van der Waals surface area contributed by atoms with Crippen molar-refractivity contribution in [3.8, 4) is 0 Å². The second-order valence-corrected chi connectivity index (χ2v) is 4.07. The molecular formula is C12H22.